The number of nitrogens with zero attached hydrogens (tertiary/aromatic N) is 3. The number of hydrogen-bond acceptors (Lipinski definition) is 10. The van der Waals surface area contributed by atoms with Crippen molar-refractivity contribution in [1.82, 2.24) is 25.6 Å². The fourth-order valence-electron chi connectivity index (χ4n) is 3.29. The Balaban J connectivity index is 0.00000149. The van der Waals surface area contributed by atoms with E-state index in [1.807, 2.05) is 0 Å². The second kappa shape index (κ2) is 10.7. The number of carboxylic acids is 1. The molecule has 0 saturated carbocycles. The molecule has 1 aromatic heterocycles. The Hall–Kier alpha value is -3.07. The topological polar surface area (TPSA) is 195 Å². The van der Waals surface area contributed by atoms with E-state index >= 15 is 0 Å². The Morgan fingerprint density at radius 3 is 2.67 bits per heavy atom. The molecule has 0 spiro atoms. The van der Waals surface area contributed by atoms with Gasteiger partial charge in [0.1, 0.15) is 33.9 Å². The van der Waals surface area contributed by atoms with Gasteiger partial charge < -0.3 is 26.4 Å². The number of aromatic amines is 1. The maximum Gasteiger partial charge on any atom is 0.352 e. The third-order valence-electron chi connectivity index (χ3n) is 4.87. The average Bonchev–Trinajstić information content (AvgIpc) is 3.35. The number of β-lactam (4-membered cyclic amide) rings is 1. The highest BCUT2D eigenvalue weighted by Crippen LogP contribution is 2.41. The van der Waals surface area contributed by atoms with Crippen LogP contribution in [0.2, 0.25) is 0 Å². The highest BCUT2D eigenvalue weighted by molar-refractivity contribution is 8.01. The molecule has 176 valence electrons. The molecule has 1 fully saturated rings. The zero-order valence-electron chi connectivity index (χ0n) is 17.3. The van der Waals surface area contributed by atoms with Gasteiger partial charge in [-0.2, -0.15) is 10.3 Å². The number of carbonyl (C=O) groups is 3. The van der Waals surface area contributed by atoms with Crippen molar-refractivity contribution in [2.24, 2.45) is 5.73 Å². The van der Waals surface area contributed by atoms with Crippen LogP contribution in [-0.2, 0) is 14.4 Å². The first kappa shape index (κ1) is 24.6. The summed E-state index contributed by atoms with van der Waals surface area (Å²) in [5.74, 6) is -1.45. The van der Waals surface area contributed by atoms with Crippen molar-refractivity contribution in [3.63, 3.8) is 0 Å². The molecule has 2 aromatic rings. The molecule has 0 unspecified atom stereocenters. The van der Waals surface area contributed by atoms with Crippen LogP contribution < -0.4 is 11.1 Å². The number of benzene rings is 1. The number of fused-ring (bicyclic) bond motifs is 1. The van der Waals surface area contributed by atoms with E-state index in [0.29, 0.717) is 27.7 Å². The lowest BCUT2D eigenvalue weighted by Gasteiger charge is -2.49. The number of nitrogens with one attached hydrogen (secondary N) is 2. The largest absolute Gasteiger partial charge is 0.508 e. The van der Waals surface area contributed by atoms with E-state index < -0.39 is 35.2 Å². The van der Waals surface area contributed by atoms with Crippen LogP contribution in [0.3, 0.4) is 0 Å². The van der Waals surface area contributed by atoms with Gasteiger partial charge >= 0.3 is 5.97 Å². The smallest absolute Gasteiger partial charge is 0.352 e. The van der Waals surface area contributed by atoms with Gasteiger partial charge in [0.2, 0.25) is 5.91 Å². The molecule has 3 atom stereocenters. The molecular weight excluding hydrogens is 472 g/mol. The molecule has 14 heteroatoms. The number of thioether (sulfide) groups is 2. The second-order valence-corrected chi connectivity index (χ2v) is 8.92. The summed E-state index contributed by atoms with van der Waals surface area (Å²) >= 11 is 2.70. The Labute approximate surface area is 196 Å². The van der Waals surface area contributed by atoms with Crippen molar-refractivity contribution in [1.29, 1.82) is 0 Å². The van der Waals surface area contributed by atoms with Crippen LogP contribution in [0.4, 0.5) is 0 Å². The molecule has 1 saturated heterocycles. The molecule has 1 aromatic carbocycles. The molecule has 2 amide bonds. The maximum atomic E-state index is 12.7. The summed E-state index contributed by atoms with van der Waals surface area (Å²) in [6.07, 6.45) is 1.53. The summed E-state index contributed by atoms with van der Waals surface area (Å²) in [5.41, 5.74) is 6.99. The number of H-pyrrole nitrogens is 1. The van der Waals surface area contributed by atoms with Gasteiger partial charge in [0.15, 0.2) is 0 Å². The Bertz CT molecular complexity index is 1050. The van der Waals surface area contributed by atoms with E-state index in [1.54, 1.807) is 0 Å². The summed E-state index contributed by atoms with van der Waals surface area (Å²) in [5, 5.41) is 38.9. The van der Waals surface area contributed by atoms with Gasteiger partial charge in [0.05, 0.1) is 6.20 Å². The zero-order chi connectivity index (χ0) is 24.1. The lowest BCUT2D eigenvalue weighted by Crippen LogP contribution is -2.71. The number of carbonyl (C=O) groups excluding carboxylic acids is 2. The van der Waals surface area contributed by atoms with Crippen molar-refractivity contribution in [2.75, 3.05) is 18.6 Å². The lowest BCUT2D eigenvalue weighted by molar-refractivity contribution is -0.150. The van der Waals surface area contributed by atoms with E-state index in [-0.39, 0.29) is 11.4 Å². The first-order valence-electron chi connectivity index (χ1n) is 9.55. The van der Waals surface area contributed by atoms with E-state index in [2.05, 4.69) is 20.7 Å². The molecule has 0 bridgehead atoms. The Morgan fingerprint density at radius 1 is 1.36 bits per heavy atom. The maximum absolute atomic E-state index is 12.7. The quantitative estimate of drug-likeness (QED) is 0.217. The van der Waals surface area contributed by atoms with Crippen LogP contribution in [0.15, 0.2) is 46.8 Å². The van der Waals surface area contributed by atoms with Gasteiger partial charge in [-0.25, -0.2) is 4.79 Å². The molecule has 0 radical (unpaired) electrons. The first-order valence-corrected chi connectivity index (χ1v) is 11.6. The number of aliphatic carboxylic acids is 1. The summed E-state index contributed by atoms with van der Waals surface area (Å²) in [6.45, 7) is 0. The summed E-state index contributed by atoms with van der Waals surface area (Å²) in [4.78, 5) is 38.4. The van der Waals surface area contributed by atoms with Crippen molar-refractivity contribution >= 4 is 41.3 Å². The Kier molecular flexibility index (Phi) is 7.97. The number of phenolic OH excluding ortho intramolecular Hbond substituents is 1. The monoisotopic (exact) mass is 494 g/mol. The third-order valence-corrected chi connectivity index (χ3v) is 7.19. The van der Waals surface area contributed by atoms with Crippen LogP contribution >= 0.6 is 23.5 Å². The fourth-order valence-corrected chi connectivity index (χ4v) is 5.56. The van der Waals surface area contributed by atoms with Crippen molar-refractivity contribution in [3.05, 3.63) is 47.3 Å². The van der Waals surface area contributed by atoms with Crippen LogP contribution in [-0.4, -0.2) is 83.4 Å². The molecule has 33 heavy (non-hydrogen) atoms. The van der Waals surface area contributed by atoms with E-state index in [0.717, 1.165) is 7.11 Å². The summed E-state index contributed by atoms with van der Waals surface area (Å²) in [7, 11) is 1.00. The minimum atomic E-state index is -1.19. The molecule has 0 aliphatic carbocycles. The minimum absolute atomic E-state index is 0.0466. The number of aliphatic hydroxyl groups is 1. The second-order valence-electron chi connectivity index (χ2n) is 6.82. The number of aliphatic hydroxyl groups excluding tert-OH is 1. The standard InChI is InChI=1S/C18H18N6O5S2.CH4O/c19-12(8-1-3-10(25)4-2-8)15(26)21-13-16(27)24-14(18(28)29)9(7-31-17(13)24)6-30-11-5-20-23-22-11;1-2/h1-5,12-13,17,25H,6-7,19H2,(H,21,26)(H,28,29)(H,20,22,23);2H,1H3/t12-,13-,17-;/m1./s1. The van der Waals surface area contributed by atoms with Crippen LogP contribution in [0.1, 0.15) is 11.6 Å². The van der Waals surface area contributed by atoms with Gasteiger partial charge in [-0.05, 0) is 23.3 Å². The first-order chi connectivity index (χ1) is 15.9. The van der Waals surface area contributed by atoms with E-state index in [9.17, 15) is 24.6 Å². The molecule has 12 nitrogen and oxygen atoms in total. The molecule has 3 heterocycles. The van der Waals surface area contributed by atoms with E-state index in [1.165, 1.54) is 58.9 Å². The third kappa shape index (κ3) is 5.13. The average molecular weight is 495 g/mol. The SMILES string of the molecule is CO.N[C@@H](C(=O)N[C@@H]1C(=O)N2C(C(=O)O)=C(CSc3cn[nH]n3)CS[C@H]12)c1ccc(O)cc1. The highest BCUT2D eigenvalue weighted by Gasteiger charge is 2.54. The molecule has 2 aliphatic heterocycles. The number of phenols is 1. The molecular formula is C19H22N6O6S2. The minimum Gasteiger partial charge on any atom is -0.508 e. The predicted octanol–water partition coefficient (Wildman–Crippen LogP) is -0.350. The van der Waals surface area contributed by atoms with Crippen LogP contribution in [0.25, 0.3) is 0 Å². The van der Waals surface area contributed by atoms with Crippen molar-refractivity contribution < 1.29 is 29.7 Å². The highest BCUT2D eigenvalue weighted by atomic mass is 32.2. The number of hydrogen-bond donors (Lipinski definition) is 6. The molecule has 2 aliphatic rings. The summed E-state index contributed by atoms with van der Waals surface area (Å²) < 4.78 is 0. The number of aromatic hydroxyl groups is 1. The fraction of sp³-hybridized carbons (Fsp3) is 0.316. The summed E-state index contributed by atoms with van der Waals surface area (Å²) in [6, 6.07) is 3.98. The zero-order valence-corrected chi connectivity index (χ0v) is 19.0. The van der Waals surface area contributed by atoms with Crippen molar-refractivity contribution in [2.45, 2.75) is 22.5 Å². The number of nitrogens with two attached hydrogens (primary N) is 1. The number of aromatic nitrogens is 3. The Morgan fingerprint density at radius 2 is 2.06 bits per heavy atom. The van der Waals surface area contributed by atoms with Crippen LogP contribution in [0.5, 0.6) is 5.75 Å². The molecule has 4 rings (SSSR count). The van der Waals surface area contributed by atoms with Gasteiger partial charge in [-0.3, -0.25) is 14.5 Å². The van der Waals surface area contributed by atoms with E-state index in [4.69, 9.17) is 10.8 Å². The number of rotatable bonds is 7. The van der Waals surface area contributed by atoms with Gasteiger partial charge in [-0.1, -0.05) is 23.9 Å². The number of amides is 2. The van der Waals surface area contributed by atoms with Gasteiger partial charge in [0, 0.05) is 18.6 Å². The van der Waals surface area contributed by atoms with Crippen LogP contribution in [0, 0.1) is 0 Å². The lowest BCUT2D eigenvalue weighted by atomic mass is 10.0. The van der Waals surface area contributed by atoms with Gasteiger partial charge in [0.25, 0.3) is 5.91 Å². The predicted molar refractivity (Wildman–Crippen MR) is 120 cm³/mol. The number of carboxylic acid groups (broad SMARTS) is 1. The normalized spacial score (nSPS) is 20.2. The molecule has 7 N–H and O–H groups in total. The van der Waals surface area contributed by atoms with Gasteiger partial charge in [-0.15, -0.1) is 16.9 Å². The van der Waals surface area contributed by atoms with Crippen molar-refractivity contribution in [3.8, 4) is 5.75 Å².